The summed E-state index contributed by atoms with van der Waals surface area (Å²) < 4.78 is 16.5. The molecule has 1 fully saturated rings. The fourth-order valence-electron chi connectivity index (χ4n) is 3.92. The van der Waals surface area contributed by atoms with Crippen molar-refractivity contribution < 1.29 is 19.3 Å². The van der Waals surface area contributed by atoms with E-state index >= 15 is 0 Å². The highest BCUT2D eigenvalue weighted by Gasteiger charge is 2.15. The summed E-state index contributed by atoms with van der Waals surface area (Å²) >= 11 is 0. The highest BCUT2D eigenvalue weighted by molar-refractivity contribution is 5.71. The van der Waals surface area contributed by atoms with Crippen molar-refractivity contribution in [3.05, 3.63) is 53.6 Å². The molecule has 3 rings (SSSR count). The molecule has 1 saturated heterocycles. The first-order valence-electron chi connectivity index (χ1n) is 11.7. The van der Waals surface area contributed by atoms with E-state index in [0.717, 1.165) is 73.9 Å². The predicted octanol–water partition coefficient (Wildman–Crippen LogP) is 5.27. The van der Waals surface area contributed by atoms with E-state index in [1.807, 2.05) is 36.4 Å². The molecule has 0 amide bonds. The third kappa shape index (κ3) is 8.21. The molecule has 1 heterocycles. The molecule has 0 unspecified atom stereocenters. The molecular formula is C27H37NO4. The van der Waals surface area contributed by atoms with E-state index in [4.69, 9.17) is 14.2 Å². The topological polar surface area (TPSA) is 51.2 Å². The number of benzene rings is 2. The van der Waals surface area contributed by atoms with E-state index < -0.39 is 0 Å². The van der Waals surface area contributed by atoms with Crippen LogP contribution < -0.4 is 14.2 Å². The number of ether oxygens (including phenoxy) is 3. The van der Waals surface area contributed by atoms with Crippen LogP contribution in [0, 0.1) is 0 Å². The maximum absolute atomic E-state index is 9.56. The van der Waals surface area contributed by atoms with Gasteiger partial charge in [0.25, 0.3) is 0 Å². The van der Waals surface area contributed by atoms with Crippen LogP contribution in [0.25, 0.3) is 12.2 Å². The lowest BCUT2D eigenvalue weighted by molar-refractivity contribution is 0.0817. The summed E-state index contributed by atoms with van der Waals surface area (Å²) in [5.41, 5.74) is 2.14. The molecule has 0 radical (unpaired) electrons. The molecule has 174 valence electrons. The Morgan fingerprint density at radius 1 is 0.812 bits per heavy atom. The Labute approximate surface area is 192 Å². The molecule has 0 aromatic heterocycles. The summed E-state index contributed by atoms with van der Waals surface area (Å²) in [4.78, 5) is 2.48. The summed E-state index contributed by atoms with van der Waals surface area (Å²) in [6, 6.07) is 14.0. The van der Waals surface area contributed by atoms with Crippen molar-refractivity contribution in [2.75, 3.05) is 40.5 Å². The molecule has 2 aromatic carbocycles. The first kappa shape index (κ1) is 24.1. The summed E-state index contributed by atoms with van der Waals surface area (Å²) in [7, 11) is 3.31. The zero-order valence-corrected chi connectivity index (χ0v) is 19.5. The highest BCUT2D eigenvalue weighted by Crippen LogP contribution is 2.24. The number of unbranched alkanes of at least 4 members (excludes halogenated alkanes) is 3. The summed E-state index contributed by atoms with van der Waals surface area (Å²) in [6.45, 7) is 4.01. The molecule has 5 heteroatoms. The largest absolute Gasteiger partial charge is 0.497 e. The molecular weight excluding hydrogens is 402 g/mol. The third-order valence-corrected chi connectivity index (χ3v) is 5.92. The summed E-state index contributed by atoms with van der Waals surface area (Å²) in [5, 5.41) is 9.56. The number of aliphatic hydroxyl groups is 1. The van der Waals surface area contributed by atoms with Crippen molar-refractivity contribution in [2.24, 2.45) is 0 Å². The van der Waals surface area contributed by atoms with E-state index in [1.165, 1.54) is 19.3 Å². The van der Waals surface area contributed by atoms with E-state index in [0.29, 0.717) is 0 Å². The molecule has 0 bridgehead atoms. The smallest absolute Gasteiger partial charge is 0.123 e. The number of rotatable bonds is 12. The molecule has 0 atom stereocenters. The number of hydrogen-bond acceptors (Lipinski definition) is 5. The minimum absolute atomic E-state index is 0.0782. The van der Waals surface area contributed by atoms with Crippen molar-refractivity contribution in [1.29, 1.82) is 0 Å². The van der Waals surface area contributed by atoms with Gasteiger partial charge in [-0.2, -0.15) is 0 Å². The molecule has 0 aliphatic carbocycles. The highest BCUT2D eigenvalue weighted by atomic mass is 16.5. The van der Waals surface area contributed by atoms with E-state index in [9.17, 15) is 5.11 Å². The van der Waals surface area contributed by atoms with Crippen LogP contribution in [0.2, 0.25) is 0 Å². The van der Waals surface area contributed by atoms with Gasteiger partial charge in [-0.15, -0.1) is 0 Å². The first-order chi connectivity index (χ1) is 15.7. The zero-order valence-electron chi connectivity index (χ0n) is 19.5. The van der Waals surface area contributed by atoms with Gasteiger partial charge in [-0.1, -0.05) is 37.1 Å². The number of aliphatic hydroxyl groups excluding tert-OH is 1. The van der Waals surface area contributed by atoms with Crippen LogP contribution in [0.1, 0.15) is 49.7 Å². The molecule has 1 aliphatic rings. The molecule has 32 heavy (non-hydrogen) atoms. The van der Waals surface area contributed by atoms with Crippen LogP contribution in [0.4, 0.5) is 0 Å². The lowest BCUT2D eigenvalue weighted by Gasteiger charge is -2.29. The number of piperidine rings is 1. The van der Waals surface area contributed by atoms with E-state index in [1.54, 1.807) is 14.2 Å². The van der Waals surface area contributed by atoms with Gasteiger partial charge in [0.1, 0.15) is 17.2 Å². The van der Waals surface area contributed by atoms with Gasteiger partial charge in [-0.3, -0.25) is 0 Å². The molecule has 0 saturated carbocycles. The Balaban J connectivity index is 1.33. The van der Waals surface area contributed by atoms with Gasteiger partial charge in [0.15, 0.2) is 0 Å². The quantitative estimate of drug-likeness (QED) is 0.361. The Morgan fingerprint density at radius 3 is 2.09 bits per heavy atom. The van der Waals surface area contributed by atoms with Gasteiger partial charge < -0.3 is 24.2 Å². The number of likely N-dealkylation sites (tertiary alicyclic amines) is 1. The fraction of sp³-hybridized carbons (Fsp3) is 0.481. The average molecular weight is 440 g/mol. The SMILES string of the molecule is COc1cc(/C=C/c2ccc(OCCCCCCN3CCC(O)CC3)cc2)cc(OC)c1. The Kier molecular flexibility index (Phi) is 9.92. The van der Waals surface area contributed by atoms with Gasteiger partial charge in [-0.25, -0.2) is 0 Å². The minimum atomic E-state index is -0.0782. The molecule has 2 aromatic rings. The molecule has 5 nitrogen and oxygen atoms in total. The second-order valence-corrected chi connectivity index (χ2v) is 8.38. The summed E-state index contributed by atoms with van der Waals surface area (Å²) in [6.07, 6.45) is 10.6. The number of methoxy groups -OCH3 is 2. The monoisotopic (exact) mass is 439 g/mol. The second kappa shape index (κ2) is 13.1. The normalized spacial score (nSPS) is 15.2. The fourth-order valence-corrected chi connectivity index (χ4v) is 3.92. The van der Waals surface area contributed by atoms with Gasteiger partial charge in [0, 0.05) is 19.2 Å². The van der Waals surface area contributed by atoms with Gasteiger partial charge in [-0.05, 0) is 67.6 Å². The Bertz CT molecular complexity index is 804. The van der Waals surface area contributed by atoms with E-state index in [2.05, 4.69) is 23.1 Å². The van der Waals surface area contributed by atoms with Crippen molar-refractivity contribution >= 4 is 12.2 Å². The van der Waals surface area contributed by atoms with Crippen LogP contribution in [0.15, 0.2) is 42.5 Å². The van der Waals surface area contributed by atoms with Gasteiger partial charge >= 0.3 is 0 Å². The average Bonchev–Trinajstić information content (AvgIpc) is 2.83. The second-order valence-electron chi connectivity index (χ2n) is 8.38. The minimum Gasteiger partial charge on any atom is -0.497 e. The Morgan fingerprint density at radius 2 is 1.44 bits per heavy atom. The Hall–Kier alpha value is -2.50. The maximum atomic E-state index is 9.56. The number of hydrogen-bond donors (Lipinski definition) is 1. The van der Waals surface area contributed by atoms with Gasteiger partial charge in [0.05, 0.1) is 26.9 Å². The van der Waals surface area contributed by atoms with Crippen LogP contribution >= 0.6 is 0 Å². The van der Waals surface area contributed by atoms with Crippen molar-refractivity contribution in [2.45, 2.75) is 44.6 Å². The van der Waals surface area contributed by atoms with Gasteiger partial charge in [0.2, 0.25) is 0 Å². The lowest BCUT2D eigenvalue weighted by atomic mass is 10.1. The summed E-state index contributed by atoms with van der Waals surface area (Å²) in [5.74, 6) is 2.47. The van der Waals surface area contributed by atoms with Crippen LogP contribution in [-0.2, 0) is 0 Å². The van der Waals surface area contributed by atoms with E-state index in [-0.39, 0.29) is 6.10 Å². The standard InChI is InChI=1S/C27H37NO4/c1-30-26-19-23(20-27(21-26)31-2)8-7-22-9-11-25(12-10-22)32-18-6-4-3-5-15-28-16-13-24(29)14-17-28/h7-12,19-21,24,29H,3-6,13-18H2,1-2H3/b8-7+. The molecule has 1 aliphatic heterocycles. The van der Waals surface area contributed by atoms with Crippen molar-refractivity contribution in [1.82, 2.24) is 4.90 Å². The number of nitrogens with zero attached hydrogens (tertiary/aromatic N) is 1. The van der Waals surface area contributed by atoms with Crippen LogP contribution in [0.5, 0.6) is 17.2 Å². The third-order valence-electron chi connectivity index (χ3n) is 5.92. The van der Waals surface area contributed by atoms with Crippen molar-refractivity contribution in [3.63, 3.8) is 0 Å². The first-order valence-corrected chi connectivity index (χ1v) is 11.7. The maximum Gasteiger partial charge on any atom is 0.123 e. The molecule has 1 N–H and O–H groups in total. The zero-order chi connectivity index (χ0) is 22.6. The van der Waals surface area contributed by atoms with Crippen molar-refractivity contribution in [3.8, 4) is 17.2 Å². The van der Waals surface area contributed by atoms with Crippen LogP contribution in [-0.4, -0.2) is 56.6 Å². The molecule has 0 spiro atoms. The van der Waals surface area contributed by atoms with Crippen LogP contribution in [0.3, 0.4) is 0 Å². The lowest BCUT2D eigenvalue weighted by Crippen LogP contribution is -2.36. The predicted molar refractivity (Wildman–Crippen MR) is 131 cm³/mol.